The predicted molar refractivity (Wildman–Crippen MR) is 106 cm³/mol. The topological polar surface area (TPSA) is 137 Å². The molecule has 1 aliphatic rings. The van der Waals surface area contributed by atoms with E-state index in [-0.39, 0.29) is 61.4 Å². The molecule has 0 aromatic heterocycles. The molecule has 1 fully saturated rings. The lowest BCUT2D eigenvalue weighted by Crippen LogP contribution is -2.49. The van der Waals surface area contributed by atoms with Crippen molar-refractivity contribution in [1.82, 2.24) is 26.2 Å². The zero-order valence-corrected chi connectivity index (χ0v) is 17.5. The van der Waals surface area contributed by atoms with Crippen molar-refractivity contribution in [2.75, 3.05) is 26.2 Å². The van der Waals surface area contributed by atoms with Crippen LogP contribution in [-0.4, -0.2) is 66.8 Å². The van der Waals surface area contributed by atoms with Gasteiger partial charge in [-0.2, -0.15) is 0 Å². The number of likely N-dealkylation sites (tertiary alicyclic amines) is 1. The second-order valence-corrected chi connectivity index (χ2v) is 7.20. The van der Waals surface area contributed by atoms with E-state index in [1.54, 1.807) is 13.8 Å². The number of unbranched alkanes of at least 4 members (excludes halogenated alkanes) is 2. The number of hydrogen-bond donors (Lipinski definition) is 4. The van der Waals surface area contributed by atoms with Gasteiger partial charge >= 0.3 is 0 Å². The Morgan fingerprint density at radius 2 is 1.76 bits per heavy atom. The number of imide groups is 1. The molecule has 29 heavy (non-hydrogen) atoms. The maximum absolute atomic E-state index is 11.8. The van der Waals surface area contributed by atoms with Crippen LogP contribution in [0.4, 0.5) is 0 Å². The van der Waals surface area contributed by atoms with Gasteiger partial charge in [-0.05, 0) is 26.7 Å². The number of hydrogen-bond acceptors (Lipinski definition) is 6. The number of rotatable bonds is 13. The van der Waals surface area contributed by atoms with Gasteiger partial charge in [0.2, 0.25) is 29.5 Å². The molecule has 0 bridgehead atoms. The molecule has 0 aromatic rings. The summed E-state index contributed by atoms with van der Waals surface area (Å²) in [5.41, 5.74) is 0. The molecule has 2 unspecified atom stereocenters. The van der Waals surface area contributed by atoms with Crippen LogP contribution in [0.2, 0.25) is 0 Å². The molecule has 0 radical (unpaired) electrons. The maximum atomic E-state index is 11.8. The standard InChI is InChI=1S/C19H33N5O5/c1-4-20-16(26)11-21-14(3)23-17(27)12-22-15(25)8-6-5-7-9-24-18(28)10-13(2)19(24)29/h13-14,21H,4-12H2,1-3H3,(H,20,26)(H,22,25)(H,23,27). The van der Waals surface area contributed by atoms with Crippen LogP contribution < -0.4 is 21.3 Å². The van der Waals surface area contributed by atoms with E-state index in [2.05, 4.69) is 21.3 Å². The molecule has 0 spiro atoms. The van der Waals surface area contributed by atoms with Gasteiger partial charge in [0.1, 0.15) is 0 Å². The summed E-state index contributed by atoms with van der Waals surface area (Å²) in [5, 5.41) is 10.7. The third-order valence-electron chi connectivity index (χ3n) is 4.52. The van der Waals surface area contributed by atoms with Gasteiger partial charge in [-0.25, -0.2) is 0 Å². The lowest BCUT2D eigenvalue weighted by molar-refractivity contribution is -0.139. The van der Waals surface area contributed by atoms with Gasteiger partial charge < -0.3 is 16.0 Å². The molecule has 5 amide bonds. The number of nitrogens with one attached hydrogen (secondary N) is 4. The molecule has 1 rings (SSSR count). The third kappa shape index (κ3) is 9.51. The highest BCUT2D eigenvalue weighted by Gasteiger charge is 2.34. The molecule has 10 nitrogen and oxygen atoms in total. The van der Waals surface area contributed by atoms with Crippen molar-refractivity contribution in [3.05, 3.63) is 0 Å². The quantitative estimate of drug-likeness (QED) is 0.179. The summed E-state index contributed by atoms with van der Waals surface area (Å²) in [4.78, 5) is 59.7. The first kappa shape index (κ1) is 24.5. The van der Waals surface area contributed by atoms with E-state index >= 15 is 0 Å². The Bertz CT molecular complexity index is 610. The first-order chi connectivity index (χ1) is 13.7. The van der Waals surface area contributed by atoms with Crippen molar-refractivity contribution < 1.29 is 24.0 Å². The predicted octanol–water partition coefficient (Wildman–Crippen LogP) is -0.754. The normalized spacial score (nSPS) is 17.2. The fourth-order valence-electron chi connectivity index (χ4n) is 2.93. The van der Waals surface area contributed by atoms with Gasteiger partial charge in [0, 0.05) is 31.8 Å². The molecule has 1 heterocycles. The second kappa shape index (κ2) is 12.9. The largest absolute Gasteiger partial charge is 0.355 e. The number of amides is 5. The zero-order chi connectivity index (χ0) is 21.8. The van der Waals surface area contributed by atoms with E-state index in [0.717, 1.165) is 0 Å². The van der Waals surface area contributed by atoms with E-state index in [0.29, 0.717) is 32.4 Å². The SMILES string of the molecule is CCNC(=O)CNC(C)NC(=O)CNC(=O)CCCCCN1C(=O)CC(C)C1=O. The number of carbonyl (C=O) groups excluding carboxylic acids is 5. The van der Waals surface area contributed by atoms with Crippen molar-refractivity contribution in [2.45, 2.75) is 59.0 Å². The highest BCUT2D eigenvalue weighted by Crippen LogP contribution is 2.19. The van der Waals surface area contributed by atoms with E-state index in [4.69, 9.17) is 0 Å². The van der Waals surface area contributed by atoms with Gasteiger partial charge in [0.15, 0.2) is 0 Å². The Kier molecular flexibility index (Phi) is 10.9. The van der Waals surface area contributed by atoms with E-state index < -0.39 is 6.17 Å². The molecule has 10 heteroatoms. The second-order valence-electron chi connectivity index (χ2n) is 7.20. The average molecular weight is 412 g/mol. The third-order valence-corrected chi connectivity index (χ3v) is 4.52. The summed E-state index contributed by atoms with van der Waals surface area (Å²) in [7, 11) is 0. The van der Waals surface area contributed by atoms with Crippen LogP contribution >= 0.6 is 0 Å². The molecule has 0 aliphatic carbocycles. The van der Waals surface area contributed by atoms with Crippen LogP contribution in [0.5, 0.6) is 0 Å². The fourth-order valence-corrected chi connectivity index (χ4v) is 2.93. The van der Waals surface area contributed by atoms with Gasteiger partial charge in [-0.3, -0.25) is 34.2 Å². The monoisotopic (exact) mass is 411 g/mol. The Hall–Kier alpha value is -2.49. The minimum absolute atomic E-state index is 0.0924. The minimum Gasteiger partial charge on any atom is -0.355 e. The van der Waals surface area contributed by atoms with Crippen molar-refractivity contribution in [1.29, 1.82) is 0 Å². The first-order valence-electron chi connectivity index (χ1n) is 10.1. The van der Waals surface area contributed by atoms with Crippen LogP contribution in [0.15, 0.2) is 0 Å². The number of likely N-dealkylation sites (N-methyl/N-ethyl adjacent to an activating group) is 1. The molecule has 164 valence electrons. The van der Waals surface area contributed by atoms with Crippen molar-refractivity contribution in [3.63, 3.8) is 0 Å². The van der Waals surface area contributed by atoms with Gasteiger partial charge in [-0.15, -0.1) is 0 Å². The molecular formula is C19H33N5O5. The lowest BCUT2D eigenvalue weighted by Gasteiger charge is -2.16. The summed E-state index contributed by atoms with van der Waals surface area (Å²) in [5.74, 6) is -1.21. The summed E-state index contributed by atoms with van der Waals surface area (Å²) in [6.07, 6.45) is 2.14. The lowest BCUT2D eigenvalue weighted by atomic mass is 10.1. The molecule has 4 N–H and O–H groups in total. The highest BCUT2D eigenvalue weighted by atomic mass is 16.2. The summed E-state index contributed by atoms with van der Waals surface area (Å²) >= 11 is 0. The summed E-state index contributed by atoms with van der Waals surface area (Å²) in [6.45, 7) is 6.17. The Morgan fingerprint density at radius 3 is 2.38 bits per heavy atom. The molecular weight excluding hydrogens is 378 g/mol. The molecule has 0 saturated carbocycles. The molecule has 1 aliphatic heterocycles. The van der Waals surface area contributed by atoms with E-state index in [9.17, 15) is 24.0 Å². The maximum Gasteiger partial charge on any atom is 0.240 e. The van der Waals surface area contributed by atoms with Crippen molar-refractivity contribution in [3.8, 4) is 0 Å². The Morgan fingerprint density at radius 1 is 1.03 bits per heavy atom. The minimum atomic E-state index is -0.402. The summed E-state index contributed by atoms with van der Waals surface area (Å²) in [6, 6.07) is 0. The number of nitrogens with zero attached hydrogens (tertiary/aromatic N) is 1. The van der Waals surface area contributed by atoms with Gasteiger partial charge in [0.25, 0.3) is 0 Å². The van der Waals surface area contributed by atoms with Crippen LogP contribution in [-0.2, 0) is 24.0 Å². The molecule has 0 aromatic carbocycles. The van der Waals surface area contributed by atoms with Crippen LogP contribution in [0.3, 0.4) is 0 Å². The smallest absolute Gasteiger partial charge is 0.240 e. The van der Waals surface area contributed by atoms with Crippen LogP contribution in [0.25, 0.3) is 0 Å². The highest BCUT2D eigenvalue weighted by molar-refractivity contribution is 6.03. The Labute approximate surface area is 171 Å². The van der Waals surface area contributed by atoms with E-state index in [1.165, 1.54) is 4.90 Å². The van der Waals surface area contributed by atoms with Crippen LogP contribution in [0.1, 0.15) is 52.9 Å². The van der Waals surface area contributed by atoms with Crippen molar-refractivity contribution in [2.24, 2.45) is 5.92 Å². The Balaban J connectivity index is 2.08. The average Bonchev–Trinajstić information content (AvgIpc) is 2.90. The molecule has 2 atom stereocenters. The van der Waals surface area contributed by atoms with Gasteiger partial charge in [0.05, 0.1) is 19.3 Å². The van der Waals surface area contributed by atoms with Gasteiger partial charge in [-0.1, -0.05) is 13.3 Å². The fraction of sp³-hybridized carbons (Fsp3) is 0.737. The van der Waals surface area contributed by atoms with E-state index in [1.807, 2.05) is 6.92 Å². The summed E-state index contributed by atoms with van der Waals surface area (Å²) < 4.78 is 0. The molecule has 1 saturated heterocycles. The zero-order valence-electron chi connectivity index (χ0n) is 17.5. The van der Waals surface area contributed by atoms with Crippen LogP contribution in [0, 0.1) is 5.92 Å². The number of carbonyl (C=O) groups is 5. The first-order valence-corrected chi connectivity index (χ1v) is 10.1. The van der Waals surface area contributed by atoms with Crippen molar-refractivity contribution >= 4 is 29.5 Å².